The van der Waals surface area contributed by atoms with Crippen molar-refractivity contribution in [3.8, 4) is 5.75 Å². The number of hydrogen-bond acceptors (Lipinski definition) is 12. The zero-order valence-corrected chi connectivity index (χ0v) is 29.2. The summed E-state index contributed by atoms with van der Waals surface area (Å²) >= 11 is 0. The molecule has 42 heavy (non-hydrogen) atoms. The van der Waals surface area contributed by atoms with Gasteiger partial charge in [0.25, 0.3) is 10.1 Å². The lowest BCUT2D eigenvalue weighted by Crippen LogP contribution is -2.51. The minimum absolute atomic E-state index is 0.0588. The van der Waals surface area contributed by atoms with E-state index in [9.17, 15) is 17.8 Å². The highest BCUT2D eigenvalue weighted by molar-refractivity contribution is 7.85. The molecule has 0 bridgehead atoms. The first-order valence-corrected chi connectivity index (χ1v) is 16.3. The lowest BCUT2D eigenvalue weighted by atomic mass is 10.0. The third kappa shape index (κ3) is 16.2. The second-order valence-corrected chi connectivity index (χ2v) is 15.9. The second-order valence-electron chi connectivity index (χ2n) is 13.8. The molecule has 244 valence electrons. The molecule has 2 atom stereocenters. The number of benzene rings is 1. The molecule has 0 aliphatic carbocycles. The van der Waals surface area contributed by atoms with Crippen LogP contribution in [0.15, 0.2) is 18.2 Å². The standard InChI is InChI=1S/C28H50NO11PS/c1-24(2,3)29-17-22(35-23(30)37-25(4,5)6)19-14-15-21(20(16-19)18-34-42(13,32)33)36-28(40-41-31,38-26(7,8)9)39-27(10,11)12/h14-16,22,29H,17-18,41H2,1-13H3. The van der Waals surface area contributed by atoms with Crippen LogP contribution in [-0.2, 0) is 48.9 Å². The third-order valence-electron chi connectivity index (χ3n) is 4.62. The molecule has 0 heterocycles. The van der Waals surface area contributed by atoms with Crippen LogP contribution in [0.4, 0.5) is 4.79 Å². The zero-order valence-electron chi connectivity index (χ0n) is 27.2. The lowest BCUT2D eigenvalue weighted by molar-refractivity contribution is -0.478. The normalized spacial score (nSPS) is 14.7. The van der Waals surface area contributed by atoms with Crippen molar-refractivity contribution in [1.82, 2.24) is 5.32 Å². The van der Waals surface area contributed by atoms with Gasteiger partial charge in [-0.05, 0) is 101 Å². The maximum absolute atomic E-state index is 12.6. The maximum atomic E-state index is 12.6. The van der Waals surface area contributed by atoms with Gasteiger partial charge in [-0.1, -0.05) is 6.07 Å². The first-order chi connectivity index (χ1) is 18.7. The van der Waals surface area contributed by atoms with Crippen molar-refractivity contribution in [2.45, 2.75) is 124 Å². The largest absolute Gasteiger partial charge is 0.509 e. The second kappa shape index (κ2) is 14.4. The van der Waals surface area contributed by atoms with Gasteiger partial charge in [0.15, 0.2) is 8.69 Å². The highest BCUT2D eigenvalue weighted by atomic mass is 32.2. The van der Waals surface area contributed by atoms with E-state index in [-0.39, 0.29) is 23.4 Å². The minimum Gasteiger partial charge on any atom is -0.429 e. The molecular weight excluding hydrogens is 589 g/mol. The smallest absolute Gasteiger partial charge is 0.429 e. The molecule has 0 radical (unpaired) electrons. The Kier molecular flexibility index (Phi) is 13.1. The summed E-state index contributed by atoms with van der Waals surface area (Å²) in [6, 6.07) is 4.71. The minimum atomic E-state index is -3.87. The number of carbonyl (C=O) groups is 1. The summed E-state index contributed by atoms with van der Waals surface area (Å²) < 4.78 is 75.3. The summed E-state index contributed by atoms with van der Waals surface area (Å²) in [5.74, 6) is 0.0588. The van der Waals surface area contributed by atoms with Crippen LogP contribution >= 0.6 is 8.69 Å². The van der Waals surface area contributed by atoms with Crippen LogP contribution < -0.4 is 10.1 Å². The van der Waals surface area contributed by atoms with Gasteiger partial charge in [-0.2, -0.15) is 8.42 Å². The Morgan fingerprint density at radius 2 is 1.45 bits per heavy atom. The molecule has 0 saturated carbocycles. The number of nitrogens with one attached hydrogen (secondary N) is 1. The monoisotopic (exact) mass is 639 g/mol. The van der Waals surface area contributed by atoms with Crippen molar-refractivity contribution in [3.05, 3.63) is 29.3 Å². The Bertz CT molecular complexity index is 1140. The zero-order chi connectivity index (χ0) is 32.8. The van der Waals surface area contributed by atoms with E-state index in [1.807, 2.05) is 20.8 Å². The van der Waals surface area contributed by atoms with Gasteiger partial charge in [0, 0.05) is 17.6 Å². The summed E-state index contributed by atoms with van der Waals surface area (Å²) in [4.78, 5) is 12.6. The van der Waals surface area contributed by atoms with Gasteiger partial charge in [-0.25, -0.2) is 9.32 Å². The van der Waals surface area contributed by atoms with Crippen molar-refractivity contribution in [2.24, 2.45) is 0 Å². The van der Waals surface area contributed by atoms with Crippen LogP contribution in [0.5, 0.6) is 5.75 Å². The highest BCUT2D eigenvalue weighted by Crippen LogP contribution is 2.36. The summed E-state index contributed by atoms with van der Waals surface area (Å²) in [6.07, 6.45) is -3.05. The fourth-order valence-corrected chi connectivity index (χ4v) is 3.88. The van der Waals surface area contributed by atoms with Crippen LogP contribution in [0.1, 0.15) is 100 Å². The first-order valence-electron chi connectivity index (χ1n) is 13.5. The van der Waals surface area contributed by atoms with Crippen molar-refractivity contribution >= 4 is 25.0 Å². The van der Waals surface area contributed by atoms with Crippen molar-refractivity contribution in [1.29, 1.82) is 0 Å². The Balaban J connectivity index is 3.70. The van der Waals surface area contributed by atoms with Crippen LogP contribution in [0.3, 0.4) is 0 Å². The fraction of sp³-hybridized carbons (Fsp3) is 0.750. The van der Waals surface area contributed by atoms with E-state index in [0.29, 0.717) is 5.56 Å². The van der Waals surface area contributed by atoms with E-state index in [4.69, 9.17) is 32.4 Å². The SMILES string of the molecule is CC(C)(C)NCC(OC(=O)OC(C)(C)C)c1ccc(OC(O[PH2]=O)(OC(C)(C)C)OC(C)(C)C)c(COS(C)(=O)=O)c1. The molecule has 0 aliphatic heterocycles. The van der Waals surface area contributed by atoms with Gasteiger partial charge in [-0.15, -0.1) is 0 Å². The molecular formula is C28H50NO11PS. The topological polar surface area (TPSA) is 145 Å². The van der Waals surface area contributed by atoms with Crippen molar-refractivity contribution in [3.63, 3.8) is 0 Å². The van der Waals surface area contributed by atoms with E-state index in [1.165, 1.54) is 6.07 Å². The molecule has 1 rings (SSSR count). The number of carbonyl (C=O) groups excluding carboxylic acids is 1. The van der Waals surface area contributed by atoms with E-state index >= 15 is 0 Å². The van der Waals surface area contributed by atoms with Crippen LogP contribution in [0.2, 0.25) is 0 Å². The average molecular weight is 640 g/mol. The molecule has 0 fully saturated rings. The Morgan fingerprint density at radius 3 is 1.88 bits per heavy atom. The molecule has 1 N–H and O–H groups in total. The molecule has 12 nitrogen and oxygen atoms in total. The summed E-state index contributed by atoms with van der Waals surface area (Å²) in [5, 5.41) is 3.30. The third-order valence-corrected chi connectivity index (χ3v) is 5.55. The van der Waals surface area contributed by atoms with Gasteiger partial charge in [0.05, 0.1) is 24.1 Å². The van der Waals surface area contributed by atoms with Crippen molar-refractivity contribution < 1.29 is 50.2 Å². The Hall–Kier alpha value is -1.73. The molecule has 14 heteroatoms. The van der Waals surface area contributed by atoms with Crippen LogP contribution in [0, 0.1) is 0 Å². The number of rotatable bonds is 13. The van der Waals surface area contributed by atoms with Crippen LogP contribution in [-0.4, -0.2) is 55.9 Å². The quantitative estimate of drug-likeness (QED) is 0.120. The Labute approximate surface area is 252 Å². The predicted molar refractivity (Wildman–Crippen MR) is 160 cm³/mol. The van der Waals surface area contributed by atoms with Gasteiger partial charge in [0.2, 0.25) is 0 Å². The molecule has 0 spiro atoms. The molecule has 0 aromatic heterocycles. The maximum Gasteiger partial charge on any atom is 0.509 e. The summed E-state index contributed by atoms with van der Waals surface area (Å²) in [6.45, 7) is 21.2. The summed E-state index contributed by atoms with van der Waals surface area (Å²) in [7, 11) is -5.73. The molecule has 0 aliphatic rings. The first kappa shape index (κ1) is 38.3. The predicted octanol–water partition coefficient (Wildman–Crippen LogP) is 5.85. The van der Waals surface area contributed by atoms with E-state index < -0.39 is 60.6 Å². The average Bonchev–Trinajstić information content (AvgIpc) is 2.71. The van der Waals surface area contributed by atoms with Crippen molar-refractivity contribution in [2.75, 3.05) is 12.8 Å². The molecule has 1 aromatic rings. The fourth-order valence-electron chi connectivity index (χ4n) is 3.28. The highest BCUT2D eigenvalue weighted by Gasteiger charge is 2.46. The Morgan fingerprint density at radius 1 is 0.905 bits per heavy atom. The van der Waals surface area contributed by atoms with Gasteiger partial charge in [-0.3, -0.25) is 18.2 Å². The van der Waals surface area contributed by atoms with E-state index in [1.54, 1.807) is 74.4 Å². The molecule has 2 unspecified atom stereocenters. The molecule has 0 amide bonds. The van der Waals surface area contributed by atoms with Crippen LogP contribution in [0.25, 0.3) is 0 Å². The van der Waals surface area contributed by atoms with E-state index in [2.05, 4.69) is 5.32 Å². The van der Waals surface area contributed by atoms with E-state index in [0.717, 1.165) is 6.26 Å². The van der Waals surface area contributed by atoms with Gasteiger partial charge < -0.3 is 19.5 Å². The summed E-state index contributed by atoms with van der Waals surface area (Å²) in [5.41, 5.74) is -2.13. The lowest BCUT2D eigenvalue weighted by Gasteiger charge is -2.39. The van der Waals surface area contributed by atoms with Gasteiger partial charge in [0.1, 0.15) is 17.5 Å². The number of hydrogen-bond donors (Lipinski definition) is 1. The number of ether oxygens (including phenoxy) is 5. The molecule has 1 aromatic carbocycles. The van der Waals surface area contributed by atoms with Gasteiger partial charge >= 0.3 is 12.3 Å². The molecule has 0 saturated heterocycles.